The monoisotopic (exact) mass is 438 g/mol. The van der Waals surface area contributed by atoms with E-state index in [-0.39, 0.29) is 11.7 Å². The molecule has 0 N–H and O–H groups in total. The maximum absolute atomic E-state index is 13.8. The Bertz CT molecular complexity index is 1100. The van der Waals surface area contributed by atoms with E-state index in [1.807, 2.05) is 43.3 Å². The maximum Gasteiger partial charge on any atom is 0.263 e. The third-order valence-electron chi connectivity index (χ3n) is 5.53. The Morgan fingerprint density at radius 3 is 2.41 bits per heavy atom. The van der Waals surface area contributed by atoms with Crippen molar-refractivity contribution in [2.24, 2.45) is 0 Å². The van der Waals surface area contributed by atoms with Crippen LogP contribution in [-0.4, -0.2) is 53.3 Å². The van der Waals surface area contributed by atoms with Gasteiger partial charge in [-0.05, 0) is 43.7 Å². The van der Waals surface area contributed by atoms with Crippen molar-refractivity contribution in [1.82, 2.24) is 15.1 Å². The number of anilines is 1. The minimum atomic E-state index is -0.880. The van der Waals surface area contributed by atoms with Crippen LogP contribution in [0.4, 0.5) is 14.6 Å². The molecule has 4 rings (SSSR count). The molecule has 0 spiro atoms. The van der Waals surface area contributed by atoms with E-state index in [4.69, 9.17) is 4.74 Å². The average molecular weight is 438 g/mol. The van der Waals surface area contributed by atoms with Crippen molar-refractivity contribution in [2.75, 3.05) is 31.1 Å². The Labute approximate surface area is 185 Å². The van der Waals surface area contributed by atoms with Gasteiger partial charge in [0.25, 0.3) is 5.91 Å². The molecule has 32 heavy (non-hydrogen) atoms. The summed E-state index contributed by atoms with van der Waals surface area (Å²) in [6, 6.07) is 14.9. The number of piperazine rings is 1. The quantitative estimate of drug-likeness (QED) is 0.606. The number of halogens is 2. The topological polar surface area (TPSA) is 58.6 Å². The highest BCUT2D eigenvalue weighted by molar-refractivity contribution is 5.81. The zero-order valence-electron chi connectivity index (χ0n) is 18.0. The predicted octanol–water partition coefficient (Wildman–Crippen LogP) is 3.85. The molecule has 1 saturated heterocycles. The van der Waals surface area contributed by atoms with Crippen LogP contribution < -0.4 is 9.64 Å². The van der Waals surface area contributed by atoms with Crippen molar-refractivity contribution in [3.63, 3.8) is 0 Å². The third kappa shape index (κ3) is 4.69. The van der Waals surface area contributed by atoms with E-state index < -0.39 is 17.7 Å². The standard InChI is InChI=1S/C24H24F2N4O2/c1-16-5-3-4-6-19(16)21-8-10-23(28-27-21)29-11-13-30(14-12-29)24(31)17(2)32-22-9-7-18(25)15-20(22)26/h3-10,15,17H,11-14H2,1-2H3. The number of benzene rings is 2. The van der Waals surface area contributed by atoms with Gasteiger partial charge in [0.05, 0.1) is 5.69 Å². The molecule has 1 amide bonds. The van der Waals surface area contributed by atoms with Gasteiger partial charge in [-0.15, -0.1) is 10.2 Å². The van der Waals surface area contributed by atoms with Gasteiger partial charge in [0.2, 0.25) is 0 Å². The normalized spacial score (nSPS) is 14.9. The van der Waals surface area contributed by atoms with Crippen LogP contribution in [0.25, 0.3) is 11.3 Å². The number of carbonyl (C=O) groups is 1. The molecule has 0 saturated carbocycles. The second-order valence-electron chi connectivity index (χ2n) is 7.74. The molecule has 1 aliphatic rings. The van der Waals surface area contributed by atoms with Gasteiger partial charge < -0.3 is 14.5 Å². The van der Waals surface area contributed by atoms with Crippen molar-refractivity contribution in [1.29, 1.82) is 0 Å². The van der Waals surface area contributed by atoms with Crippen LogP contribution in [0.3, 0.4) is 0 Å². The van der Waals surface area contributed by atoms with Gasteiger partial charge in [-0.25, -0.2) is 8.78 Å². The van der Waals surface area contributed by atoms with Gasteiger partial charge in [0.15, 0.2) is 23.5 Å². The van der Waals surface area contributed by atoms with Crippen LogP contribution in [0.2, 0.25) is 0 Å². The summed E-state index contributed by atoms with van der Waals surface area (Å²) in [6.07, 6.45) is -0.880. The minimum absolute atomic E-state index is 0.144. The number of hydrogen-bond acceptors (Lipinski definition) is 5. The zero-order valence-corrected chi connectivity index (χ0v) is 18.0. The molecule has 166 valence electrons. The summed E-state index contributed by atoms with van der Waals surface area (Å²) in [5.74, 6) is -1.15. The van der Waals surface area contributed by atoms with Gasteiger partial charge in [-0.1, -0.05) is 24.3 Å². The molecule has 1 aromatic heterocycles. The van der Waals surface area contributed by atoms with E-state index in [0.717, 1.165) is 34.8 Å². The summed E-state index contributed by atoms with van der Waals surface area (Å²) in [5, 5.41) is 8.75. The molecule has 1 aliphatic heterocycles. The Morgan fingerprint density at radius 2 is 1.75 bits per heavy atom. The lowest BCUT2D eigenvalue weighted by Crippen LogP contribution is -2.52. The summed E-state index contributed by atoms with van der Waals surface area (Å²) in [6.45, 7) is 5.77. The highest BCUT2D eigenvalue weighted by atomic mass is 19.1. The molecule has 0 aliphatic carbocycles. The van der Waals surface area contributed by atoms with Gasteiger partial charge >= 0.3 is 0 Å². The first-order chi connectivity index (χ1) is 15.4. The Hall–Kier alpha value is -3.55. The van der Waals surface area contributed by atoms with Gasteiger partial charge in [-0.3, -0.25) is 4.79 Å². The lowest BCUT2D eigenvalue weighted by atomic mass is 10.1. The average Bonchev–Trinajstić information content (AvgIpc) is 2.81. The molecule has 3 aromatic rings. The van der Waals surface area contributed by atoms with E-state index in [0.29, 0.717) is 26.2 Å². The molecule has 1 fully saturated rings. The molecule has 0 bridgehead atoms. The zero-order chi connectivity index (χ0) is 22.7. The molecular weight excluding hydrogens is 414 g/mol. The fourth-order valence-corrected chi connectivity index (χ4v) is 3.72. The molecule has 6 nitrogen and oxygen atoms in total. The highest BCUT2D eigenvalue weighted by Crippen LogP contribution is 2.23. The van der Waals surface area contributed by atoms with E-state index in [1.54, 1.807) is 11.8 Å². The molecule has 1 atom stereocenters. The maximum atomic E-state index is 13.8. The van der Waals surface area contributed by atoms with Crippen LogP contribution in [0.1, 0.15) is 12.5 Å². The van der Waals surface area contributed by atoms with Crippen molar-refractivity contribution in [3.05, 3.63) is 71.8 Å². The van der Waals surface area contributed by atoms with Crippen LogP contribution in [0.15, 0.2) is 54.6 Å². The lowest BCUT2D eigenvalue weighted by Gasteiger charge is -2.36. The number of ether oxygens (including phenoxy) is 1. The predicted molar refractivity (Wildman–Crippen MR) is 117 cm³/mol. The highest BCUT2D eigenvalue weighted by Gasteiger charge is 2.27. The SMILES string of the molecule is Cc1ccccc1-c1ccc(N2CCN(C(=O)C(C)Oc3ccc(F)cc3F)CC2)nn1. The summed E-state index contributed by atoms with van der Waals surface area (Å²) in [5.41, 5.74) is 3.01. The number of aromatic nitrogens is 2. The molecular formula is C24H24F2N4O2. The molecule has 2 heterocycles. The van der Waals surface area contributed by atoms with Crippen molar-refractivity contribution in [2.45, 2.75) is 20.0 Å². The smallest absolute Gasteiger partial charge is 0.263 e. The minimum Gasteiger partial charge on any atom is -0.478 e. The lowest BCUT2D eigenvalue weighted by molar-refractivity contribution is -0.138. The third-order valence-corrected chi connectivity index (χ3v) is 5.53. The largest absolute Gasteiger partial charge is 0.478 e. The number of rotatable bonds is 5. The number of aryl methyl sites for hydroxylation is 1. The number of amides is 1. The van der Waals surface area contributed by atoms with Crippen LogP contribution in [0.5, 0.6) is 5.75 Å². The second kappa shape index (κ2) is 9.30. The fraction of sp³-hybridized carbons (Fsp3) is 0.292. The van der Waals surface area contributed by atoms with Gasteiger partial charge in [-0.2, -0.15) is 0 Å². The summed E-state index contributed by atoms with van der Waals surface area (Å²) >= 11 is 0. The number of hydrogen-bond donors (Lipinski definition) is 0. The van der Waals surface area contributed by atoms with E-state index in [1.165, 1.54) is 6.07 Å². The van der Waals surface area contributed by atoms with Gasteiger partial charge in [0.1, 0.15) is 5.82 Å². The van der Waals surface area contributed by atoms with Crippen LogP contribution >= 0.6 is 0 Å². The van der Waals surface area contributed by atoms with Crippen LogP contribution in [0, 0.1) is 18.6 Å². The van der Waals surface area contributed by atoms with Crippen molar-refractivity contribution < 1.29 is 18.3 Å². The molecule has 0 radical (unpaired) electrons. The fourth-order valence-electron chi connectivity index (χ4n) is 3.72. The van der Waals surface area contributed by atoms with E-state index >= 15 is 0 Å². The van der Waals surface area contributed by atoms with E-state index in [9.17, 15) is 13.6 Å². The van der Waals surface area contributed by atoms with E-state index in [2.05, 4.69) is 15.1 Å². The summed E-state index contributed by atoms with van der Waals surface area (Å²) in [7, 11) is 0. The first-order valence-electron chi connectivity index (χ1n) is 10.5. The van der Waals surface area contributed by atoms with Crippen LogP contribution in [-0.2, 0) is 4.79 Å². The van der Waals surface area contributed by atoms with Gasteiger partial charge in [0, 0.05) is 37.8 Å². The summed E-state index contributed by atoms with van der Waals surface area (Å²) < 4.78 is 32.3. The van der Waals surface area contributed by atoms with Crippen molar-refractivity contribution in [3.8, 4) is 17.0 Å². The Kier molecular flexibility index (Phi) is 6.30. The van der Waals surface area contributed by atoms with Crippen molar-refractivity contribution >= 4 is 11.7 Å². The summed E-state index contributed by atoms with van der Waals surface area (Å²) in [4.78, 5) is 16.5. The molecule has 1 unspecified atom stereocenters. The second-order valence-corrected chi connectivity index (χ2v) is 7.74. The first kappa shape index (κ1) is 21.7. The molecule has 8 heteroatoms. The Balaban J connectivity index is 1.34. The number of nitrogens with zero attached hydrogens (tertiary/aromatic N) is 4. The first-order valence-corrected chi connectivity index (χ1v) is 10.5. The Morgan fingerprint density at radius 1 is 1.00 bits per heavy atom. The number of carbonyl (C=O) groups excluding carboxylic acids is 1. The molecule has 2 aromatic carbocycles.